The highest BCUT2D eigenvalue weighted by Gasteiger charge is 2.22. The van der Waals surface area contributed by atoms with Gasteiger partial charge in [0.15, 0.2) is 17.4 Å². The molecule has 2 aliphatic heterocycles. The molecular weight excluding hydrogens is 376 g/mol. The molecule has 2 N–H and O–H groups in total. The third-order valence-corrected chi connectivity index (χ3v) is 6.07. The van der Waals surface area contributed by atoms with Crippen LogP contribution < -0.4 is 19.9 Å². The highest BCUT2D eigenvalue weighted by atomic mass is 16.5. The van der Waals surface area contributed by atoms with Gasteiger partial charge in [-0.25, -0.2) is 0 Å². The van der Waals surface area contributed by atoms with Gasteiger partial charge in [-0.1, -0.05) is 30.3 Å². The van der Waals surface area contributed by atoms with E-state index in [1.807, 2.05) is 30.3 Å². The number of fused-ring (bicyclic) bond motifs is 1. The minimum atomic E-state index is 0.438. The zero-order chi connectivity index (χ0) is 20.9. The van der Waals surface area contributed by atoms with Crippen molar-refractivity contribution in [3.05, 3.63) is 71.6 Å². The van der Waals surface area contributed by atoms with Crippen molar-refractivity contribution in [2.75, 3.05) is 33.9 Å². The molecule has 158 valence electrons. The predicted octanol–water partition coefficient (Wildman–Crippen LogP) is 4.55. The Hall–Kier alpha value is -2.92. The van der Waals surface area contributed by atoms with Crippen molar-refractivity contribution in [3.63, 3.8) is 0 Å². The number of methoxy groups -OCH3 is 2. The van der Waals surface area contributed by atoms with Crippen LogP contribution in [0.1, 0.15) is 36.3 Å². The van der Waals surface area contributed by atoms with E-state index in [1.54, 1.807) is 14.2 Å². The molecule has 4 rings (SSSR count). The topological polar surface area (TPSA) is 57.0 Å². The van der Waals surface area contributed by atoms with Crippen molar-refractivity contribution >= 4 is 5.57 Å². The lowest BCUT2D eigenvalue weighted by atomic mass is 9.89. The second-order valence-electron chi connectivity index (χ2n) is 7.84. The molecule has 30 heavy (non-hydrogen) atoms. The highest BCUT2D eigenvalue weighted by molar-refractivity contribution is 5.73. The molecule has 0 unspecified atom stereocenters. The Balaban J connectivity index is 1.36. The Morgan fingerprint density at radius 2 is 1.77 bits per heavy atom. The van der Waals surface area contributed by atoms with Gasteiger partial charge >= 0.3 is 0 Å². The van der Waals surface area contributed by atoms with Crippen molar-refractivity contribution in [2.24, 2.45) is 5.73 Å². The van der Waals surface area contributed by atoms with E-state index in [2.05, 4.69) is 29.2 Å². The van der Waals surface area contributed by atoms with E-state index in [0.29, 0.717) is 11.8 Å². The van der Waals surface area contributed by atoms with E-state index < -0.39 is 0 Å². The van der Waals surface area contributed by atoms with Crippen LogP contribution in [0.5, 0.6) is 17.2 Å². The van der Waals surface area contributed by atoms with E-state index in [-0.39, 0.29) is 0 Å². The minimum absolute atomic E-state index is 0.438. The molecule has 2 aliphatic rings. The van der Waals surface area contributed by atoms with Gasteiger partial charge in [-0.3, -0.25) is 0 Å². The molecule has 5 nitrogen and oxygen atoms in total. The van der Waals surface area contributed by atoms with E-state index in [1.165, 1.54) is 11.1 Å². The maximum Gasteiger partial charge on any atom is 0.190 e. The van der Waals surface area contributed by atoms with Gasteiger partial charge in [-0.15, -0.1) is 0 Å². The second-order valence-corrected chi connectivity index (χ2v) is 7.84. The van der Waals surface area contributed by atoms with Gasteiger partial charge in [0.1, 0.15) is 5.75 Å². The summed E-state index contributed by atoms with van der Waals surface area (Å²) in [5.41, 5.74) is 9.67. The molecule has 2 aromatic rings. The minimum Gasteiger partial charge on any atom is -0.493 e. The molecule has 0 spiro atoms. The van der Waals surface area contributed by atoms with Crippen LogP contribution in [0.25, 0.3) is 5.57 Å². The van der Waals surface area contributed by atoms with Gasteiger partial charge in [-0.2, -0.15) is 0 Å². The number of nitrogens with two attached hydrogens (primary N) is 1. The zero-order valence-electron chi connectivity index (χ0n) is 17.8. The van der Waals surface area contributed by atoms with Crippen molar-refractivity contribution in [1.29, 1.82) is 0 Å². The van der Waals surface area contributed by atoms with Gasteiger partial charge in [0.2, 0.25) is 0 Å². The summed E-state index contributed by atoms with van der Waals surface area (Å²) in [5, 5.41) is 0. The predicted molar refractivity (Wildman–Crippen MR) is 120 cm³/mol. The first-order chi connectivity index (χ1) is 14.7. The van der Waals surface area contributed by atoms with Crippen LogP contribution in [-0.2, 0) is 0 Å². The van der Waals surface area contributed by atoms with Crippen molar-refractivity contribution in [1.82, 2.24) is 4.90 Å². The average molecular weight is 407 g/mol. The number of allylic oxidation sites excluding steroid dienone is 2. The van der Waals surface area contributed by atoms with Crippen LogP contribution >= 0.6 is 0 Å². The molecule has 1 saturated heterocycles. The fourth-order valence-corrected chi connectivity index (χ4v) is 4.35. The molecule has 5 heteroatoms. The van der Waals surface area contributed by atoms with Gasteiger partial charge < -0.3 is 24.8 Å². The molecular formula is C25H30N2O3. The number of piperidine rings is 1. The summed E-state index contributed by atoms with van der Waals surface area (Å²) in [4.78, 5) is 2.56. The summed E-state index contributed by atoms with van der Waals surface area (Å²) in [7, 11) is 3.37. The highest BCUT2D eigenvalue weighted by Crippen LogP contribution is 2.36. The largest absolute Gasteiger partial charge is 0.493 e. The lowest BCUT2D eigenvalue weighted by molar-refractivity contribution is 0.216. The normalized spacial score (nSPS) is 17.3. The summed E-state index contributed by atoms with van der Waals surface area (Å²) < 4.78 is 16.6. The summed E-state index contributed by atoms with van der Waals surface area (Å²) in [6.45, 7) is 3.23. The molecule has 0 atom stereocenters. The molecule has 0 aliphatic carbocycles. The first-order valence-corrected chi connectivity index (χ1v) is 10.6. The third kappa shape index (κ3) is 4.46. The van der Waals surface area contributed by atoms with E-state index in [4.69, 9.17) is 19.9 Å². The van der Waals surface area contributed by atoms with Gasteiger partial charge in [-0.05, 0) is 73.7 Å². The summed E-state index contributed by atoms with van der Waals surface area (Å²) in [5.74, 6) is 3.44. The van der Waals surface area contributed by atoms with Gasteiger partial charge in [0, 0.05) is 12.1 Å². The van der Waals surface area contributed by atoms with Crippen LogP contribution in [0.2, 0.25) is 0 Å². The monoisotopic (exact) mass is 406 g/mol. The summed E-state index contributed by atoms with van der Waals surface area (Å²) >= 11 is 0. The Kier molecular flexibility index (Phi) is 6.29. The zero-order valence-corrected chi connectivity index (χ0v) is 17.8. The molecule has 0 radical (unpaired) electrons. The second kappa shape index (κ2) is 9.26. The molecule has 0 amide bonds. The Morgan fingerprint density at radius 1 is 1.00 bits per heavy atom. The Morgan fingerprint density at radius 3 is 2.53 bits per heavy atom. The number of para-hydroxylation sites is 1. The van der Waals surface area contributed by atoms with E-state index >= 15 is 0 Å². The molecule has 0 aromatic heterocycles. The van der Waals surface area contributed by atoms with E-state index in [0.717, 1.165) is 61.7 Å². The van der Waals surface area contributed by atoms with Crippen LogP contribution in [0.15, 0.2) is 60.5 Å². The SMILES string of the molecule is COc1ccc(C2CCN(CCC3=CC=C(N)Oc4ccccc43)CC2)cc1OC. The number of nitrogens with zero attached hydrogens (tertiary/aromatic N) is 1. The van der Waals surface area contributed by atoms with Crippen molar-refractivity contribution in [3.8, 4) is 17.2 Å². The summed E-state index contributed by atoms with van der Waals surface area (Å²) in [6.07, 6.45) is 7.24. The first-order valence-electron chi connectivity index (χ1n) is 10.6. The quantitative estimate of drug-likeness (QED) is 0.763. The number of ether oxygens (including phenoxy) is 3. The van der Waals surface area contributed by atoms with Crippen LogP contribution in [0.3, 0.4) is 0 Å². The van der Waals surface area contributed by atoms with Crippen LogP contribution in [0, 0.1) is 0 Å². The Labute approximate surface area is 178 Å². The van der Waals surface area contributed by atoms with Crippen LogP contribution in [-0.4, -0.2) is 38.8 Å². The Bertz CT molecular complexity index is 943. The molecule has 0 bridgehead atoms. The number of benzene rings is 2. The van der Waals surface area contributed by atoms with Gasteiger partial charge in [0.25, 0.3) is 0 Å². The average Bonchev–Trinajstić information content (AvgIpc) is 2.95. The van der Waals surface area contributed by atoms with Crippen molar-refractivity contribution < 1.29 is 14.2 Å². The maximum atomic E-state index is 5.93. The van der Waals surface area contributed by atoms with Gasteiger partial charge in [0.05, 0.1) is 14.2 Å². The first kappa shape index (κ1) is 20.4. The number of rotatable bonds is 6. The number of hydrogen-bond acceptors (Lipinski definition) is 5. The molecule has 2 heterocycles. The lowest BCUT2D eigenvalue weighted by Gasteiger charge is -2.32. The number of likely N-dealkylation sites (tertiary alicyclic amines) is 1. The lowest BCUT2D eigenvalue weighted by Crippen LogP contribution is -2.33. The van der Waals surface area contributed by atoms with Crippen molar-refractivity contribution in [2.45, 2.75) is 25.2 Å². The van der Waals surface area contributed by atoms with Crippen LogP contribution in [0.4, 0.5) is 0 Å². The summed E-state index contributed by atoms with van der Waals surface area (Å²) in [6, 6.07) is 14.4. The smallest absolute Gasteiger partial charge is 0.190 e. The standard InChI is InChI=1S/C25H30N2O3/c1-28-23-9-7-20(17-24(23)29-2)18-11-14-27(15-12-18)16-13-19-8-10-25(26)30-22-6-4-3-5-21(19)22/h3-10,17-18H,11-16,26H2,1-2H3. The fourth-order valence-electron chi connectivity index (χ4n) is 4.35. The van der Waals surface area contributed by atoms with E-state index in [9.17, 15) is 0 Å². The maximum absolute atomic E-state index is 5.93. The third-order valence-electron chi connectivity index (χ3n) is 6.07. The number of hydrogen-bond donors (Lipinski definition) is 1. The fraction of sp³-hybridized carbons (Fsp3) is 0.360. The molecule has 2 aromatic carbocycles. The molecule has 1 fully saturated rings. The molecule has 0 saturated carbocycles.